The first-order chi connectivity index (χ1) is 9.61. The highest BCUT2D eigenvalue weighted by Gasteiger charge is 2.20. The molecule has 6 heteroatoms. The van der Waals surface area contributed by atoms with E-state index in [-0.39, 0.29) is 11.6 Å². The molecule has 1 aliphatic rings. The summed E-state index contributed by atoms with van der Waals surface area (Å²) in [6.07, 6.45) is 8.59. The molecule has 2 rings (SSSR count). The van der Waals surface area contributed by atoms with Crippen LogP contribution in [0.25, 0.3) is 0 Å². The SMILES string of the molecule is CSCCC(C)Nc1c(Br)cnn(CC2CCC2)c1=O. The minimum Gasteiger partial charge on any atom is -0.377 e. The quantitative estimate of drug-likeness (QED) is 0.810. The molecule has 0 saturated heterocycles. The predicted octanol–water partition coefficient (Wildman–Crippen LogP) is 3.36. The van der Waals surface area contributed by atoms with Crippen molar-refractivity contribution in [2.24, 2.45) is 5.92 Å². The number of hydrogen-bond acceptors (Lipinski definition) is 4. The summed E-state index contributed by atoms with van der Waals surface area (Å²) >= 11 is 5.26. The number of rotatable bonds is 7. The van der Waals surface area contributed by atoms with Crippen LogP contribution in [-0.2, 0) is 6.54 Å². The van der Waals surface area contributed by atoms with Gasteiger partial charge < -0.3 is 5.32 Å². The largest absolute Gasteiger partial charge is 0.377 e. The van der Waals surface area contributed by atoms with Gasteiger partial charge in [-0.2, -0.15) is 16.9 Å². The van der Waals surface area contributed by atoms with Crippen LogP contribution >= 0.6 is 27.7 Å². The highest BCUT2D eigenvalue weighted by molar-refractivity contribution is 9.10. The third-order valence-electron chi connectivity index (χ3n) is 3.80. The minimum atomic E-state index is -0.0118. The summed E-state index contributed by atoms with van der Waals surface area (Å²) in [6, 6.07) is 0.283. The van der Waals surface area contributed by atoms with Crippen LogP contribution < -0.4 is 10.9 Å². The lowest BCUT2D eigenvalue weighted by Crippen LogP contribution is -2.32. The smallest absolute Gasteiger partial charge is 0.291 e. The van der Waals surface area contributed by atoms with E-state index in [1.165, 1.54) is 19.3 Å². The summed E-state index contributed by atoms with van der Waals surface area (Å²) in [7, 11) is 0. The van der Waals surface area contributed by atoms with Crippen LogP contribution in [0.3, 0.4) is 0 Å². The Bertz CT molecular complexity index is 502. The Morgan fingerprint density at radius 3 is 2.95 bits per heavy atom. The van der Waals surface area contributed by atoms with Gasteiger partial charge in [-0.05, 0) is 60.0 Å². The van der Waals surface area contributed by atoms with Gasteiger partial charge in [0.05, 0.1) is 10.7 Å². The van der Waals surface area contributed by atoms with Crippen molar-refractivity contribution in [2.75, 3.05) is 17.3 Å². The molecule has 1 unspecified atom stereocenters. The lowest BCUT2D eigenvalue weighted by Gasteiger charge is -2.25. The Labute approximate surface area is 132 Å². The molecule has 0 radical (unpaired) electrons. The average molecular weight is 360 g/mol. The van der Waals surface area contributed by atoms with Gasteiger partial charge in [0.15, 0.2) is 0 Å². The van der Waals surface area contributed by atoms with Crippen molar-refractivity contribution in [3.8, 4) is 0 Å². The van der Waals surface area contributed by atoms with Crippen LogP contribution in [0.2, 0.25) is 0 Å². The van der Waals surface area contributed by atoms with E-state index >= 15 is 0 Å². The topological polar surface area (TPSA) is 46.9 Å². The van der Waals surface area contributed by atoms with Gasteiger partial charge >= 0.3 is 0 Å². The summed E-state index contributed by atoms with van der Waals surface area (Å²) in [5.74, 6) is 1.72. The summed E-state index contributed by atoms with van der Waals surface area (Å²) in [5, 5.41) is 7.57. The van der Waals surface area contributed by atoms with Crippen molar-refractivity contribution in [1.29, 1.82) is 0 Å². The lowest BCUT2D eigenvalue weighted by atomic mass is 9.85. The molecule has 1 fully saturated rings. The molecule has 1 atom stereocenters. The summed E-state index contributed by atoms with van der Waals surface area (Å²) in [5.41, 5.74) is 0.634. The summed E-state index contributed by atoms with van der Waals surface area (Å²) in [6.45, 7) is 2.86. The molecule has 0 bridgehead atoms. The fraction of sp³-hybridized carbons (Fsp3) is 0.714. The molecule has 1 saturated carbocycles. The summed E-state index contributed by atoms with van der Waals surface area (Å²) < 4.78 is 2.36. The zero-order valence-electron chi connectivity index (χ0n) is 12.1. The molecule has 0 amide bonds. The molecule has 1 aliphatic carbocycles. The van der Waals surface area contributed by atoms with Crippen LogP contribution in [0.5, 0.6) is 0 Å². The first kappa shape index (κ1) is 15.9. The number of aromatic nitrogens is 2. The van der Waals surface area contributed by atoms with Gasteiger partial charge in [-0.1, -0.05) is 6.42 Å². The molecule has 0 spiro atoms. The number of hydrogen-bond donors (Lipinski definition) is 1. The van der Waals surface area contributed by atoms with Gasteiger partial charge in [0.1, 0.15) is 5.69 Å². The second kappa shape index (κ2) is 7.50. The fourth-order valence-corrected chi connectivity index (χ4v) is 3.23. The molecular formula is C14H22BrN3OS. The van der Waals surface area contributed by atoms with E-state index in [2.05, 4.69) is 39.5 Å². The second-order valence-corrected chi connectivity index (χ2v) is 7.32. The molecule has 0 aliphatic heterocycles. The highest BCUT2D eigenvalue weighted by Crippen LogP contribution is 2.27. The molecule has 1 aromatic heterocycles. The Balaban J connectivity index is 2.09. The number of nitrogens with zero attached hydrogens (tertiary/aromatic N) is 2. The summed E-state index contributed by atoms with van der Waals surface area (Å²) in [4.78, 5) is 12.5. The third kappa shape index (κ3) is 4.01. The van der Waals surface area contributed by atoms with Gasteiger partial charge in [0, 0.05) is 12.6 Å². The van der Waals surface area contributed by atoms with Crippen molar-refractivity contribution in [3.05, 3.63) is 21.0 Å². The predicted molar refractivity (Wildman–Crippen MR) is 89.6 cm³/mol. The van der Waals surface area contributed by atoms with E-state index in [0.29, 0.717) is 11.6 Å². The maximum Gasteiger partial charge on any atom is 0.291 e. The zero-order chi connectivity index (χ0) is 14.5. The van der Waals surface area contributed by atoms with Crippen LogP contribution in [0.4, 0.5) is 5.69 Å². The van der Waals surface area contributed by atoms with E-state index < -0.39 is 0 Å². The number of halogens is 1. The standard InChI is InChI=1S/C14H22BrN3OS/c1-10(6-7-20-2)17-13-12(15)8-16-18(14(13)19)9-11-4-3-5-11/h8,10-11,17H,3-7,9H2,1-2H3. The van der Waals surface area contributed by atoms with Gasteiger partial charge in [-0.25, -0.2) is 4.68 Å². The zero-order valence-corrected chi connectivity index (χ0v) is 14.5. The van der Waals surface area contributed by atoms with Crippen molar-refractivity contribution in [1.82, 2.24) is 9.78 Å². The van der Waals surface area contributed by atoms with E-state index in [0.717, 1.165) is 23.2 Å². The van der Waals surface area contributed by atoms with E-state index in [1.54, 1.807) is 10.9 Å². The maximum absolute atomic E-state index is 12.5. The van der Waals surface area contributed by atoms with Crippen molar-refractivity contribution in [2.45, 2.75) is 45.2 Å². The monoisotopic (exact) mass is 359 g/mol. The van der Waals surface area contributed by atoms with Crippen molar-refractivity contribution >= 4 is 33.4 Å². The molecule has 0 aromatic carbocycles. The van der Waals surface area contributed by atoms with E-state index in [1.807, 2.05) is 11.8 Å². The van der Waals surface area contributed by atoms with Crippen LogP contribution in [0.1, 0.15) is 32.6 Å². The van der Waals surface area contributed by atoms with Crippen LogP contribution in [0, 0.1) is 5.92 Å². The normalized spacial score (nSPS) is 16.8. The highest BCUT2D eigenvalue weighted by atomic mass is 79.9. The first-order valence-electron chi connectivity index (χ1n) is 7.13. The number of anilines is 1. The fourth-order valence-electron chi connectivity index (χ4n) is 2.26. The molecule has 1 aromatic rings. The molecule has 1 N–H and O–H groups in total. The number of thioether (sulfide) groups is 1. The lowest BCUT2D eigenvalue weighted by molar-refractivity contribution is 0.262. The molecular weight excluding hydrogens is 338 g/mol. The van der Waals surface area contributed by atoms with Crippen LogP contribution in [0.15, 0.2) is 15.5 Å². The molecule has 20 heavy (non-hydrogen) atoms. The number of nitrogens with one attached hydrogen (secondary N) is 1. The van der Waals surface area contributed by atoms with Gasteiger partial charge in [-0.3, -0.25) is 4.79 Å². The first-order valence-corrected chi connectivity index (χ1v) is 9.31. The van der Waals surface area contributed by atoms with E-state index in [4.69, 9.17) is 0 Å². The van der Waals surface area contributed by atoms with E-state index in [9.17, 15) is 4.79 Å². The Kier molecular flexibility index (Phi) is 5.96. The van der Waals surface area contributed by atoms with Crippen molar-refractivity contribution < 1.29 is 0 Å². The second-order valence-electron chi connectivity index (χ2n) is 5.48. The molecule has 4 nitrogen and oxygen atoms in total. The van der Waals surface area contributed by atoms with Gasteiger partial charge in [0.25, 0.3) is 5.56 Å². The Hall–Kier alpha value is -0.490. The molecule has 1 heterocycles. The Morgan fingerprint density at radius 1 is 1.60 bits per heavy atom. The third-order valence-corrected chi connectivity index (χ3v) is 5.04. The van der Waals surface area contributed by atoms with Crippen LogP contribution in [-0.4, -0.2) is 27.8 Å². The van der Waals surface area contributed by atoms with Gasteiger partial charge in [0.2, 0.25) is 0 Å². The van der Waals surface area contributed by atoms with Gasteiger partial charge in [-0.15, -0.1) is 0 Å². The Morgan fingerprint density at radius 2 is 2.35 bits per heavy atom. The molecule has 112 valence electrons. The maximum atomic E-state index is 12.5. The minimum absolute atomic E-state index is 0.0118. The van der Waals surface area contributed by atoms with Crippen molar-refractivity contribution in [3.63, 3.8) is 0 Å². The average Bonchev–Trinajstić information content (AvgIpc) is 2.38.